The van der Waals surface area contributed by atoms with Crippen molar-refractivity contribution in [3.63, 3.8) is 0 Å². The fourth-order valence-electron chi connectivity index (χ4n) is 4.81. The molecule has 3 N–H and O–H groups in total. The van der Waals surface area contributed by atoms with E-state index in [0.29, 0.717) is 28.8 Å². The summed E-state index contributed by atoms with van der Waals surface area (Å²) in [6, 6.07) is 5.95. The molecule has 0 radical (unpaired) electrons. The highest BCUT2D eigenvalue weighted by Gasteiger charge is 2.46. The lowest BCUT2D eigenvalue weighted by Gasteiger charge is -2.33. The number of carbonyl (C=O) groups is 2. The van der Waals surface area contributed by atoms with Gasteiger partial charge in [0, 0.05) is 19.3 Å². The molecule has 2 aliphatic rings. The van der Waals surface area contributed by atoms with Crippen LogP contribution in [0.25, 0.3) is 11.0 Å². The summed E-state index contributed by atoms with van der Waals surface area (Å²) in [4.78, 5) is 32.4. The zero-order valence-corrected chi connectivity index (χ0v) is 20.2. The number of benzene rings is 1. The largest absolute Gasteiger partial charge is 0.389 e. The molecule has 7 nitrogen and oxygen atoms in total. The number of aromatic nitrogens is 2. The van der Waals surface area contributed by atoms with Gasteiger partial charge >= 0.3 is 6.18 Å². The summed E-state index contributed by atoms with van der Waals surface area (Å²) >= 11 is 0. The summed E-state index contributed by atoms with van der Waals surface area (Å²) in [7, 11) is 0. The summed E-state index contributed by atoms with van der Waals surface area (Å²) in [5, 5.41) is 14.5. The molecule has 37 heavy (non-hydrogen) atoms. The number of nitrogens with one attached hydrogen (secondary N) is 3. The van der Waals surface area contributed by atoms with Crippen LogP contribution in [0.15, 0.2) is 18.2 Å². The second-order valence-corrected chi connectivity index (χ2v) is 10.1. The van der Waals surface area contributed by atoms with Crippen molar-refractivity contribution in [2.75, 3.05) is 0 Å². The first-order valence-electron chi connectivity index (χ1n) is 12.3. The van der Waals surface area contributed by atoms with Gasteiger partial charge < -0.3 is 15.6 Å². The lowest BCUT2D eigenvalue weighted by Crippen LogP contribution is -2.38. The molecule has 1 aromatic heterocycles. The average molecular weight is 526 g/mol. The Labute approximate surface area is 210 Å². The van der Waals surface area contributed by atoms with Crippen LogP contribution in [0.5, 0.6) is 0 Å². The molecule has 12 heteroatoms. The number of carbonyl (C=O) groups excluding carboxylic acids is 2. The molecule has 2 fully saturated rings. The van der Waals surface area contributed by atoms with Crippen LogP contribution < -0.4 is 10.6 Å². The molecular formula is C25H28F5N5O2. The molecule has 1 heterocycles. The maximum absolute atomic E-state index is 13.8. The maximum Gasteiger partial charge on any atom is 0.389 e. The maximum atomic E-state index is 13.8. The molecule has 2 unspecified atom stereocenters. The molecular weight excluding hydrogens is 497 g/mol. The van der Waals surface area contributed by atoms with E-state index < -0.39 is 48.8 Å². The number of halogens is 5. The molecule has 0 saturated heterocycles. The van der Waals surface area contributed by atoms with Gasteiger partial charge in [0.2, 0.25) is 17.7 Å². The summed E-state index contributed by atoms with van der Waals surface area (Å²) < 4.78 is 64.7. The molecule has 2 saturated carbocycles. The number of nitrogens with zero attached hydrogens (tertiary/aromatic N) is 2. The van der Waals surface area contributed by atoms with Crippen LogP contribution >= 0.6 is 0 Å². The highest BCUT2D eigenvalue weighted by atomic mass is 19.4. The first-order chi connectivity index (χ1) is 17.3. The summed E-state index contributed by atoms with van der Waals surface area (Å²) in [6.07, 6.45) is -5.99. The Morgan fingerprint density at radius 3 is 2.57 bits per heavy atom. The number of nitriles is 1. The lowest BCUT2D eigenvalue weighted by molar-refractivity contribution is -0.144. The van der Waals surface area contributed by atoms with Crippen molar-refractivity contribution in [1.29, 1.82) is 5.26 Å². The molecule has 2 amide bonds. The Morgan fingerprint density at radius 2 is 1.95 bits per heavy atom. The number of H-pyrrole nitrogens is 1. The van der Waals surface area contributed by atoms with E-state index in [1.807, 2.05) is 0 Å². The smallest absolute Gasteiger partial charge is 0.350 e. The van der Waals surface area contributed by atoms with Crippen LogP contribution in [0.1, 0.15) is 75.3 Å². The standard InChI is InChI=1S/C25H28F5N5O2/c1-13(32-20(36)6-9-25(28,29)30)15-2-3-18-19(11-15)34-22(33-18)21(14-4-7-24(26,27)8-5-14)35-23(37)17-10-16(17)12-31/h2-3,11,13-14,16-17,21H,4-10H2,1H3,(H,32,36)(H,33,34)(H,35,37)/t13-,16?,17?,21+/m1/s1. The summed E-state index contributed by atoms with van der Waals surface area (Å²) in [6.45, 7) is 1.65. The van der Waals surface area contributed by atoms with Gasteiger partial charge in [-0.2, -0.15) is 18.4 Å². The minimum absolute atomic E-state index is 0.202. The zero-order valence-electron chi connectivity index (χ0n) is 20.2. The minimum atomic E-state index is -4.42. The van der Waals surface area contributed by atoms with Crippen molar-refractivity contribution in [1.82, 2.24) is 20.6 Å². The van der Waals surface area contributed by atoms with Crippen LogP contribution in [-0.4, -0.2) is 33.9 Å². The number of aromatic amines is 1. The number of fused-ring (bicyclic) bond motifs is 1. The molecule has 2 aliphatic carbocycles. The van der Waals surface area contributed by atoms with E-state index >= 15 is 0 Å². The third-order valence-electron chi connectivity index (χ3n) is 7.16. The Hall–Kier alpha value is -3.23. The van der Waals surface area contributed by atoms with Crippen molar-refractivity contribution in [3.8, 4) is 6.07 Å². The molecule has 0 aliphatic heterocycles. The highest BCUT2D eigenvalue weighted by Crippen LogP contribution is 2.43. The molecule has 4 atom stereocenters. The van der Waals surface area contributed by atoms with Crippen LogP contribution in [0.2, 0.25) is 0 Å². The van der Waals surface area contributed by atoms with Gasteiger partial charge in [0.05, 0.1) is 47.4 Å². The van der Waals surface area contributed by atoms with E-state index in [1.54, 1.807) is 25.1 Å². The fourth-order valence-corrected chi connectivity index (χ4v) is 4.81. The third-order valence-corrected chi connectivity index (χ3v) is 7.16. The number of hydrogen-bond donors (Lipinski definition) is 3. The van der Waals surface area contributed by atoms with Crippen LogP contribution in [-0.2, 0) is 9.59 Å². The second-order valence-electron chi connectivity index (χ2n) is 10.1. The summed E-state index contributed by atoms with van der Waals surface area (Å²) in [5.74, 6) is -4.39. The molecule has 4 rings (SSSR count). The van der Waals surface area contributed by atoms with E-state index in [1.165, 1.54) is 0 Å². The number of rotatable bonds is 8. The molecule has 1 aromatic carbocycles. The monoisotopic (exact) mass is 525 g/mol. The van der Waals surface area contributed by atoms with Crippen molar-refractivity contribution < 1.29 is 31.5 Å². The number of imidazole rings is 1. The quantitative estimate of drug-likeness (QED) is 0.410. The predicted molar refractivity (Wildman–Crippen MR) is 123 cm³/mol. The van der Waals surface area contributed by atoms with Gasteiger partial charge in [-0.15, -0.1) is 0 Å². The average Bonchev–Trinajstić information content (AvgIpc) is 3.50. The van der Waals surface area contributed by atoms with Crippen molar-refractivity contribution in [2.24, 2.45) is 17.8 Å². The molecule has 0 spiro atoms. The first-order valence-corrected chi connectivity index (χ1v) is 12.3. The second kappa shape index (κ2) is 10.3. The minimum Gasteiger partial charge on any atom is -0.350 e. The normalized spacial score (nSPS) is 23.2. The Kier molecular flexibility index (Phi) is 7.44. The van der Waals surface area contributed by atoms with Crippen molar-refractivity contribution in [3.05, 3.63) is 29.6 Å². The number of alkyl halides is 5. The SMILES string of the molecule is C[C@@H](NC(=O)CCC(F)(F)F)c1ccc2nc([C@@H](NC(=O)C3CC3C#N)C3CCC(F)(F)CC3)[nH]c2c1. The zero-order chi connectivity index (χ0) is 27.0. The van der Waals surface area contributed by atoms with E-state index in [-0.39, 0.29) is 43.4 Å². The van der Waals surface area contributed by atoms with E-state index in [0.717, 1.165) is 0 Å². The first kappa shape index (κ1) is 26.8. The van der Waals surface area contributed by atoms with Crippen molar-refractivity contribution >= 4 is 22.8 Å². The van der Waals surface area contributed by atoms with Crippen LogP contribution in [0.3, 0.4) is 0 Å². The lowest BCUT2D eigenvalue weighted by atomic mass is 9.81. The van der Waals surface area contributed by atoms with Gasteiger partial charge in [0.15, 0.2) is 0 Å². The topological polar surface area (TPSA) is 111 Å². The van der Waals surface area contributed by atoms with Gasteiger partial charge in [-0.05, 0) is 49.8 Å². The Balaban J connectivity index is 1.51. The van der Waals surface area contributed by atoms with Gasteiger partial charge in [0.25, 0.3) is 0 Å². The van der Waals surface area contributed by atoms with E-state index in [2.05, 4.69) is 26.7 Å². The van der Waals surface area contributed by atoms with Gasteiger partial charge in [0.1, 0.15) is 5.82 Å². The predicted octanol–water partition coefficient (Wildman–Crippen LogP) is 5.23. The van der Waals surface area contributed by atoms with Gasteiger partial charge in [-0.25, -0.2) is 13.8 Å². The molecule has 2 aromatic rings. The van der Waals surface area contributed by atoms with E-state index in [9.17, 15) is 31.5 Å². The Morgan fingerprint density at radius 1 is 1.24 bits per heavy atom. The number of amides is 2. The van der Waals surface area contributed by atoms with Crippen molar-refractivity contribution in [2.45, 2.75) is 76.1 Å². The van der Waals surface area contributed by atoms with Crippen LogP contribution in [0, 0.1) is 29.1 Å². The van der Waals surface area contributed by atoms with Crippen LogP contribution in [0.4, 0.5) is 22.0 Å². The van der Waals surface area contributed by atoms with Gasteiger partial charge in [-0.1, -0.05) is 6.07 Å². The molecule has 0 bridgehead atoms. The molecule has 200 valence electrons. The number of hydrogen-bond acceptors (Lipinski definition) is 4. The fraction of sp³-hybridized carbons (Fsp3) is 0.600. The van der Waals surface area contributed by atoms with Gasteiger partial charge in [-0.3, -0.25) is 9.59 Å². The van der Waals surface area contributed by atoms with E-state index in [4.69, 9.17) is 5.26 Å². The Bertz CT molecular complexity index is 1190. The summed E-state index contributed by atoms with van der Waals surface area (Å²) in [5.41, 5.74) is 1.76. The highest BCUT2D eigenvalue weighted by molar-refractivity contribution is 5.83. The third kappa shape index (κ3) is 6.76.